The smallest absolute Gasteiger partial charge is 0.269 e. The van der Waals surface area contributed by atoms with Crippen LogP contribution in [-0.2, 0) is 0 Å². The van der Waals surface area contributed by atoms with Crippen LogP contribution in [0.25, 0.3) is 0 Å². The van der Waals surface area contributed by atoms with E-state index in [-0.39, 0.29) is 5.91 Å². The molecule has 1 aliphatic rings. The van der Waals surface area contributed by atoms with Crippen molar-refractivity contribution in [1.82, 2.24) is 26.3 Å². The molecule has 7 heteroatoms. The Bertz CT molecular complexity index is 433. The highest BCUT2D eigenvalue weighted by Crippen LogP contribution is 2.05. The van der Waals surface area contributed by atoms with Gasteiger partial charge in [-0.05, 0) is 37.2 Å². The van der Waals surface area contributed by atoms with Crippen LogP contribution in [0.3, 0.4) is 0 Å². The summed E-state index contributed by atoms with van der Waals surface area (Å²) < 4.78 is 0. The summed E-state index contributed by atoms with van der Waals surface area (Å²) in [6, 6.07) is 3.27. The van der Waals surface area contributed by atoms with Crippen LogP contribution in [0.5, 0.6) is 0 Å². The minimum atomic E-state index is -0.245. The van der Waals surface area contributed by atoms with Gasteiger partial charge in [0.2, 0.25) is 0 Å². The number of amides is 1. The molecule has 0 unspecified atom stereocenters. The largest absolute Gasteiger partial charge is 0.294 e. The monoisotopic (exact) mass is 279 g/mol. The molecule has 1 aromatic rings. The van der Waals surface area contributed by atoms with Gasteiger partial charge < -0.3 is 0 Å². The van der Waals surface area contributed by atoms with Crippen molar-refractivity contribution in [3.05, 3.63) is 30.1 Å². The molecule has 1 saturated heterocycles. The minimum absolute atomic E-state index is 0.245. The van der Waals surface area contributed by atoms with Crippen molar-refractivity contribution >= 4 is 23.2 Å². The molecule has 2 rings (SSSR count). The molecule has 1 aliphatic heterocycles. The maximum absolute atomic E-state index is 11.7. The molecule has 0 aliphatic carbocycles. The zero-order chi connectivity index (χ0) is 13.5. The summed E-state index contributed by atoms with van der Waals surface area (Å²) in [6.07, 6.45) is 6.73. The van der Waals surface area contributed by atoms with E-state index in [1.807, 2.05) is 0 Å². The van der Waals surface area contributed by atoms with Crippen LogP contribution in [0.15, 0.2) is 24.5 Å². The molecule has 2 heterocycles. The van der Waals surface area contributed by atoms with Crippen molar-refractivity contribution in [2.75, 3.05) is 13.1 Å². The predicted octanol–water partition coefficient (Wildman–Crippen LogP) is 0.591. The third-order valence-corrected chi connectivity index (χ3v) is 3.04. The first-order valence-electron chi connectivity index (χ1n) is 6.27. The van der Waals surface area contributed by atoms with Crippen molar-refractivity contribution in [2.45, 2.75) is 19.3 Å². The highest BCUT2D eigenvalue weighted by Gasteiger charge is 2.11. The van der Waals surface area contributed by atoms with Gasteiger partial charge in [-0.3, -0.25) is 26.1 Å². The Balaban J connectivity index is 1.72. The Morgan fingerprint density at radius 1 is 1.16 bits per heavy atom. The van der Waals surface area contributed by atoms with E-state index in [1.54, 1.807) is 24.5 Å². The Kier molecular flexibility index (Phi) is 5.05. The van der Waals surface area contributed by atoms with Gasteiger partial charge in [0.05, 0.1) is 0 Å². The second-order valence-corrected chi connectivity index (χ2v) is 4.71. The van der Waals surface area contributed by atoms with E-state index >= 15 is 0 Å². The lowest BCUT2D eigenvalue weighted by atomic mass is 10.2. The van der Waals surface area contributed by atoms with Gasteiger partial charge in [0.25, 0.3) is 5.91 Å². The van der Waals surface area contributed by atoms with Gasteiger partial charge in [-0.1, -0.05) is 6.42 Å². The Hall–Kier alpha value is -1.73. The highest BCUT2D eigenvalue weighted by atomic mass is 32.1. The maximum atomic E-state index is 11.7. The van der Waals surface area contributed by atoms with Crippen molar-refractivity contribution in [1.29, 1.82) is 0 Å². The van der Waals surface area contributed by atoms with Gasteiger partial charge in [0.15, 0.2) is 5.11 Å². The average Bonchev–Trinajstić information content (AvgIpc) is 2.47. The first kappa shape index (κ1) is 13.7. The molecule has 0 atom stereocenters. The molecule has 0 saturated carbocycles. The van der Waals surface area contributed by atoms with Crippen LogP contribution in [0, 0.1) is 0 Å². The third kappa shape index (κ3) is 4.46. The molecule has 6 nitrogen and oxygen atoms in total. The van der Waals surface area contributed by atoms with Crippen molar-refractivity contribution in [2.24, 2.45) is 0 Å². The normalized spacial score (nSPS) is 15.6. The lowest BCUT2D eigenvalue weighted by Crippen LogP contribution is -2.53. The van der Waals surface area contributed by atoms with Gasteiger partial charge in [-0.25, -0.2) is 5.01 Å². The molecule has 0 bridgehead atoms. The SMILES string of the molecule is O=C(NNC(=S)NN1CCCCC1)c1ccncc1. The zero-order valence-electron chi connectivity index (χ0n) is 10.6. The third-order valence-electron chi connectivity index (χ3n) is 2.85. The Morgan fingerprint density at radius 3 is 2.53 bits per heavy atom. The number of carbonyl (C=O) groups is 1. The quantitative estimate of drug-likeness (QED) is 0.544. The number of pyridine rings is 1. The molecule has 0 radical (unpaired) electrons. The Morgan fingerprint density at radius 2 is 1.84 bits per heavy atom. The predicted molar refractivity (Wildman–Crippen MR) is 76.0 cm³/mol. The lowest BCUT2D eigenvalue weighted by Gasteiger charge is -2.28. The number of rotatable bonds is 2. The summed E-state index contributed by atoms with van der Waals surface area (Å²) in [7, 11) is 0. The van der Waals surface area contributed by atoms with E-state index in [9.17, 15) is 4.79 Å². The summed E-state index contributed by atoms with van der Waals surface area (Å²) in [4.78, 5) is 15.6. The van der Waals surface area contributed by atoms with Gasteiger partial charge in [-0.2, -0.15) is 0 Å². The molecule has 19 heavy (non-hydrogen) atoms. The molecule has 1 amide bonds. The molecule has 1 aromatic heterocycles. The summed E-state index contributed by atoms with van der Waals surface area (Å²) in [5.74, 6) is -0.245. The number of hydrogen-bond donors (Lipinski definition) is 3. The zero-order valence-corrected chi connectivity index (χ0v) is 11.4. The Labute approximate surface area is 117 Å². The number of nitrogens with zero attached hydrogens (tertiary/aromatic N) is 2. The highest BCUT2D eigenvalue weighted by molar-refractivity contribution is 7.80. The number of piperidine rings is 1. The molecular formula is C12H17N5OS. The molecular weight excluding hydrogens is 262 g/mol. The van der Waals surface area contributed by atoms with Crippen LogP contribution in [-0.4, -0.2) is 34.1 Å². The second kappa shape index (κ2) is 7.01. The molecule has 3 N–H and O–H groups in total. The van der Waals surface area contributed by atoms with E-state index in [0.29, 0.717) is 10.7 Å². The fraction of sp³-hybridized carbons (Fsp3) is 0.417. The van der Waals surface area contributed by atoms with Crippen molar-refractivity contribution in [3.8, 4) is 0 Å². The number of aromatic nitrogens is 1. The van der Waals surface area contributed by atoms with E-state index in [4.69, 9.17) is 12.2 Å². The minimum Gasteiger partial charge on any atom is -0.294 e. The van der Waals surface area contributed by atoms with E-state index in [1.165, 1.54) is 19.3 Å². The van der Waals surface area contributed by atoms with Crippen molar-refractivity contribution in [3.63, 3.8) is 0 Å². The van der Waals surface area contributed by atoms with Crippen LogP contribution >= 0.6 is 12.2 Å². The summed E-state index contributed by atoms with van der Waals surface area (Å²) in [5.41, 5.74) is 8.81. The standard InChI is InChI=1S/C12H17N5OS/c18-11(10-4-6-13-7-5-10)14-15-12(19)16-17-8-2-1-3-9-17/h4-7H,1-3,8-9H2,(H,14,18)(H2,15,16,19). The number of nitrogens with one attached hydrogen (secondary N) is 3. The maximum Gasteiger partial charge on any atom is 0.269 e. The van der Waals surface area contributed by atoms with Crippen LogP contribution in [0.2, 0.25) is 0 Å². The summed E-state index contributed by atoms with van der Waals surface area (Å²) in [6.45, 7) is 1.94. The van der Waals surface area contributed by atoms with Crippen molar-refractivity contribution < 1.29 is 4.79 Å². The number of carbonyl (C=O) groups excluding carboxylic acids is 1. The number of thiocarbonyl (C=S) groups is 1. The summed E-state index contributed by atoms with van der Waals surface area (Å²) in [5, 5.41) is 2.45. The van der Waals surface area contributed by atoms with E-state index in [0.717, 1.165) is 13.1 Å². The first-order chi connectivity index (χ1) is 9.25. The molecule has 102 valence electrons. The van der Waals surface area contributed by atoms with Crippen LogP contribution in [0.4, 0.5) is 0 Å². The topological polar surface area (TPSA) is 69.3 Å². The lowest BCUT2D eigenvalue weighted by molar-refractivity contribution is 0.0941. The average molecular weight is 279 g/mol. The fourth-order valence-electron chi connectivity index (χ4n) is 1.87. The number of hydrazine groups is 2. The summed E-state index contributed by atoms with van der Waals surface area (Å²) >= 11 is 5.11. The van der Waals surface area contributed by atoms with Gasteiger partial charge in [0, 0.05) is 31.0 Å². The molecule has 1 fully saturated rings. The second-order valence-electron chi connectivity index (χ2n) is 4.30. The molecule has 0 spiro atoms. The van der Waals surface area contributed by atoms with E-state index < -0.39 is 0 Å². The van der Waals surface area contributed by atoms with E-state index in [2.05, 4.69) is 26.3 Å². The molecule has 0 aromatic carbocycles. The van der Waals surface area contributed by atoms with Gasteiger partial charge in [0.1, 0.15) is 0 Å². The van der Waals surface area contributed by atoms with Gasteiger partial charge >= 0.3 is 0 Å². The van der Waals surface area contributed by atoms with Crippen LogP contribution < -0.4 is 16.3 Å². The fourth-order valence-corrected chi connectivity index (χ4v) is 2.05. The number of hydrogen-bond acceptors (Lipinski definition) is 4. The van der Waals surface area contributed by atoms with Gasteiger partial charge in [-0.15, -0.1) is 0 Å². The van der Waals surface area contributed by atoms with Crippen LogP contribution in [0.1, 0.15) is 29.6 Å². The first-order valence-corrected chi connectivity index (χ1v) is 6.68.